The molecule has 0 aromatic rings. The van der Waals surface area contributed by atoms with Crippen LogP contribution < -0.4 is 10.6 Å². The molecule has 0 unspecified atom stereocenters. The molecule has 0 aliphatic rings. The van der Waals surface area contributed by atoms with Gasteiger partial charge in [-0.15, -0.1) is 0 Å². The Hall–Kier alpha value is -0.570. The van der Waals surface area contributed by atoms with Crippen molar-refractivity contribution in [3.05, 3.63) is 0 Å². The summed E-state index contributed by atoms with van der Waals surface area (Å²) in [6.07, 6.45) is 0. The van der Waals surface area contributed by atoms with Gasteiger partial charge in [-0.1, -0.05) is 34.6 Å². The summed E-state index contributed by atoms with van der Waals surface area (Å²) >= 11 is 0. The third kappa shape index (κ3) is 9.34. The summed E-state index contributed by atoms with van der Waals surface area (Å²) < 4.78 is 0. The van der Waals surface area contributed by atoms with Crippen LogP contribution in [0.5, 0.6) is 0 Å². The fourth-order valence-electron chi connectivity index (χ4n) is 0.566. The number of nitrogens with one attached hydrogen (secondary N) is 2. The number of hydrogen-bond donors (Lipinski definition) is 2. The van der Waals surface area contributed by atoms with E-state index in [2.05, 4.69) is 10.6 Å². The van der Waals surface area contributed by atoms with Crippen molar-refractivity contribution in [1.82, 2.24) is 10.6 Å². The first kappa shape index (κ1) is 14.9. The van der Waals surface area contributed by atoms with Crippen LogP contribution >= 0.6 is 0 Å². The Labute approximate surface area is 82.3 Å². The Bertz CT molecular complexity index is 127. The van der Waals surface area contributed by atoms with E-state index in [0.29, 0.717) is 6.54 Å². The molecule has 2 N–H and O–H groups in total. The van der Waals surface area contributed by atoms with Crippen molar-refractivity contribution in [2.75, 3.05) is 20.1 Å². The zero-order chi connectivity index (χ0) is 10.9. The molecule has 0 bridgehead atoms. The SMILES string of the molecule is CC.CNCCNC(=O)C(C)(C)C. The molecule has 80 valence electrons. The van der Waals surface area contributed by atoms with Gasteiger partial charge in [0.15, 0.2) is 0 Å². The maximum Gasteiger partial charge on any atom is 0.225 e. The summed E-state index contributed by atoms with van der Waals surface area (Å²) in [7, 11) is 1.86. The minimum Gasteiger partial charge on any atom is -0.354 e. The van der Waals surface area contributed by atoms with Crippen molar-refractivity contribution in [1.29, 1.82) is 0 Å². The second-order valence-electron chi connectivity index (χ2n) is 3.61. The Kier molecular flexibility index (Phi) is 9.24. The van der Waals surface area contributed by atoms with Crippen LogP contribution in [-0.2, 0) is 4.79 Å². The zero-order valence-corrected chi connectivity index (χ0v) is 9.82. The first-order chi connectivity index (χ1) is 5.98. The van der Waals surface area contributed by atoms with Gasteiger partial charge in [-0.25, -0.2) is 0 Å². The van der Waals surface area contributed by atoms with Crippen molar-refractivity contribution in [2.24, 2.45) is 5.41 Å². The maximum atomic E-state index is 11.2. The molecule has 0 saturated heterocycles. The predicted molar refractivity (Wildman–Crippen MR) is 57.7 cm³/mol. The topological polar surface area (TPSA) is 41.1 Å². The molecule has 0 radical (unpaired) electrons. The smallest absolute Gasteiger partial charge is 0.225 e. The summed E-state index contributed by atoms with van der Waals surface area (Å²) in [5.41, 5.74) is -0.270. The summed E-state index contributed by atoms with van der Waals surface area (Å²) in [5, 5.41) is 5.78. The maximum absolute atomic E-state index is 11.2. The lowest BCUT2D eigenvalue weighted by atomic mass is 9.96. The van der Waals surface area contributed by atoms with Gasteiger partial charge in [-0.05, 0) is 7.05 Å². The van der Waals surface area contributed by atoms with Gasteiger partial charge in [-0.2, -0.15) is 0 Å². The highest BCUT2D eigenvalue weighted by molar-refractivity contribution is 5.81. The summed E-state index contributed by atoms with van der Waals surface area (Å²) in [6, 6.07) is 0. The molecule has 0 heterocycles. The molecule has 3 heteroatoms. The molecule has 0 rings (SSSR count). The fraction of sp³-hybridized carbons (Fsp3) is 0.900. The van der Waals surface area contributed by atoms with E-state index in [9.17, 15) is 4.79 Å². The van der Waals surface area contributed by atoms with E-state index in [0.717, 1.165) is 6.54 Å². The number of rotatable bonds is 3. The average Bonchev–Trinajstić information content (AvgIpc) is 2.07. The molecule has 0 aromatic carbocycles. The Balaban J connectivity index is 0. The molecule has 1 amide bonds. The predicted octanol–water partition coefficient (Wildman–Crippen LogP) is 1.39. The first-order valence-electron chi connectivity index (χ1n) is 4.91. The van der Waals surface area contributed by atoms with Gasteiger partial charge in [0.25, 0.3) is 0 Å². The van der Waals surface area contributed by atoms with Crippen LogP contribution in [0.3, 0.4) is 0 Å². The second-order valence-corrected chi connectivity index (χ2v) is 3.61. The highest BCUT2D eigenvalue weighted by Crippen LogP contribution is 2.11. The lowest BCUT2D eigenvalue weighted by molar-refractivity contribution is -0.128. The van der Waals surface area contributed by atoms with Crippen molar-refractivity contribution in [3.8, 4) is 0 Å². The molecular weight excluding hydrogens is 164 g/mol. The molecule has 0 aromatic heterocycles. The summed E-state index contributed by atoms with van der Waals surface area (Å²) in [4.78, 5) is 11.2. The van der Waals surface area contributed by atoms with Gasteiger partial charge in [0.1, 0.15) is 0 Å². The number of hydrogen-bond acceptors (Lipinski definition) is 2. The highest BCUT2D eigenvalue weighted by atomic mass is 16.2. The van der Waals surface area contributed by atoms with Gasteiger partial charge in [-0.3, -0.25) is 4.79 Å². The molecule has 0 aliphatic carbocycles. The number of carbonyl (C=O) groups is 1. The monoisotopic (exact) mass is 188 g/mol. The number of carbonyl (C=O) groups excluding carboxylic acids is 1. The van der Waals surface area contributed by atoms with Crippen LogP contribution in [0.1, 0.15) is 34.6 Å². The molecule has 0 atom stereocenters. The van der Waals surface area contributed by atoms with Crippen LogP contribution in [0.25, 0.3) is 0 Å². The normalized spacial score (nSPS) is 10.0. The number of likely N-dealkylation sites (N-methyl/N-ethyl adjacent to an activating group) is 1. The Morgan fingerprint density at radius 2 is 1.62 bits per heavy atom. The third-order valence-corrected chi connectivity index (χ3v) is 1.34. The van der Waals surface area contributed by atoms with Gasteiger partial charge in [0.05, 0.1) is 0 Å². The quantitative estimate of drug-likeness (QED) is 0.657. The van der Waals surface area contributed by atoms with Gasteiger partial charge in [0.2, 0.25) is 5.91 Å². The van der Waals surface area contributed by atoms with Crippen LogP contribution in [0, 0.1) is 5.41 Å². The second kappa shape index (κ2) is 8.05. The molecule has 0 aliphatic heterocycles. The minimum atomic E-state index is -0.270. The molecule has 13 heavy (non-hydrogen) atoms. The van der Waals surface area contributed by atoms with E-state index < -0.39 is 0 Å². The van der Waals surface area contributed by atoms with Crippen molar-refractivity contribution in [3.63, 3.8) is 0 Å². The van der Waals surface area contributed by atoms with E-state index in [1.54, 1.807) is 0 Å². The molecule has 0 spiro atoms. The van der Waals surface area contributed by atoms with Gasteiger partial charge < -0.3 is 10.6 Å². The first-order valence-corrected chi connectivity index (χ1v) is 4.91. The Morgan fingerprint density at radius 3 is 1.92 bits per heavy atom. The highest BCUT2D eigenvalue weighted by Gasteiger charge is 2.19. The minimum absolute atomic E-state index is 0.104. The molecule has 3 nitrogen and oxygen atoms in total. The summed E-state index contributed by atoms with van der Waals surface area (Å²) in [6.45, 7) is 11.2. The van der Waals surface area contributed by atoms with Crippen molar-refractivity contribution >= 4 is 5.91 Å². The Morgan fingerprint density at radius 1 is 1.15 bits per heavy atom. The van der Waals surface area contributed by atoms with E-state index >= 15 is 0 Å². The zero-order valence-electron chi connectivity index (χ0n) is 9.82. The van der Waals surface area contributed by atoms with E-state index in [1.165, 1.54) is 0 Å². The van der Waals surface area contributed by atoms with Crippen molar-refractivity contribution < 1.29 is 4.79 Å². The van der Waals surface area contributed by atoms with Crippen LogP contribution in [-0.4, -0.2) is 26.0 Å². The van der Waals surface area contributed by atoms with Crippen LogP contribution in [0.15, 0.2) is 0 Å². The average molecular weight is 188 g/mol. The fourth-order valence-corrected chi connectivity index (χ4v) is 0.566. The van der Waals surface area contributed by atoms with E-state index in [4.69, 9.17) is 0 Å². The van der Waals surface area contributed by atoms with Crippen LogP contribution in [0.2, 0.25) is 0 Å². The van der Waals surface area contributed by atoms with E-state index in [-0.39, 0.29) is 11.3 Å². The molecule has 0 fully saturated rings. The summed E-state index contributed by atoms with van der Waals surface area (Å²) in [5.74, 6) is 0.104. The van der Waals surface area contributed by atoms with E-state index in [1.807, 2.05) is 41.7 Å². The lowest BCUT2D eigenvalue weighted by Gasteiger charge is -2.17. The molecule has 0 saturated carbocycles. The van der Waals surface area contributed by atoms with Gasteiger partial charge in [0, 0.05) is 18.5 Å². The van der Waals surface area contributed by atoms with Crippen molar-refractivity contribution in [2.45, 2.75) is 34.6 Å². The van der Waals surface area contributed by atoms with Crippen LogP contribution in [0.4, 0.5) is 0 Å². The molecular formula is C10H24N2O. The van der Waals surface area contributed by atoms with Gasteiger partial charge >= 0.3 is 0 Å². The lowest BCUT2D eigenvalue weighted by Crippen LogP contribution is -2.38. The number of amides is 1. The largest absolute Gasteiger partial charge is 0.354 e. The third-order valence-electron chi connectivity index (χ3n) is 1.34. The standard InChI is InChI=1S/C8H18N2O.C2H6/c1-8(2,3)7(11)10-6-5-9-4;1-2/h9H,5-6H2,1-4H3,(H,10,11);1-2H3.